The molecule has 96 valence electrons. The normalized spacial score (nSPS) is 13.6. The highest BCUT2D eigenvalue weighted by molar-refractivity contribution is 7.90. The highest BCUT2D eigenvalue weighted by Gasteiger charge is 2.15. The van der Waals surface area contributed by atoms with Crippen molar-refractivity contribution >= 4 is 21.4 Å². The number of benzene rings is 1. The molecule has 0 aliphatic heterocycles. The smallest absolute Gasteiger partial charge is 0.154 e. The molecule has 0 heterocycles. The summed E-state index contributed by atoms with van der Waals surface area (Å²) in [7, 11) is -3.35. The molecule has 0 aromatic heterocycles. The number of halogens is 2. The lowest BCUT2D eigenvalue weighted by Gasteiger charge is -2.07. The molecule has 3 nitrogen and oxygen atoms in total. The molecule has 0 fully saturated rings. The molecule has 2 N–H and O–H groups in total. The molecule has 1 unspecified atom stereocenters. The van der Waals surface area contributed by atoms with Crippen LogP contribution in [0.3, 0.4) is 0 Å². The van der Waals surface area contributed by atoms with Gasteiger partial charge in [-0.25, -0.2) is 12.8 Å². The first-order valence-electron chi connectivity index (χ1n) is 5.20. The van der Waals surface area contributed by atoms with E-state index in [2.05, 4.69) is 0 Å². The zero-order valence-electron chi connectivity index (χ0n) is 9.49. The lowest BCUT2D eigenvalue weighted by molar-refractivity contribution is 0.580. The van der Waals surface area contributed by atoms with E-state index in [4.69, 9.17) is 17.3 Å². The molecule has 1 aromatic carbocycles. The fourth-order valence-corrected chi connectivity index (χ4v) is 3.09. The van der Waals surface area contributed by atoms with Crippen molar-refractivity contribution in [3.63, 3.8) is 0 Å². The van der Waals surface area contributed by atoms with Crippen LogP contribution in [0.5, 0.6) is 0 Å². The van der Waals surface area contributed by atoms with Crippen LogP contribution >= 0.6 is 11.6 Å². The summed E-state index contributed by atoms with van der Waals surface area (Å²) in [6.07, 6.45) is 0.366. The van der Waals surface area contributed by atoms with Crippen LogP contribution in [0.4, 0.5) is 4.39 Å². The Kier molecular flexibility index (Phi) is 4.91. The van der Waals surface area contributed by atoms with E-state index in [9.17, 15) is 12.8 Å². The van der Waals surface area contributed by atoms with Crippen molar-refractivity contribution in [1.82, 2.24) is 0 Å². The van der Waals surface area contributed by atoms with Gasteiger partial charge < -0.3 is 5.73 Å². The number of hydrogen-bond acceptors (Lipinski definition) is 3. The van der Waals surface area contributed by atoms with Crippen LogP contribution in [0.25, 0.3) is 0 Å². The number of hydrogen-bond donors (Lipinski definition) is 1. The Labute approximate surface area is 106 Å². The van der Waals surface area contributed by atoms with Crippen molar-refractivity contribution in [3.8, 4) is 0 Å². The highest BCUT2D eigenvalue weighted by atomic mass is 35.5. The molecule has 0 saturated carbocycles. The Morgan fingerprint density at radius 2 is 2.12 bits per heavy atom. The number of rotatable bonds is 5. The van der Waals surface area contributed by atoms with Gasteiger partial charge in [0.25, 0.3) is 0 Å². The van der Waals surface area contributed by atoms with Gasteiger partial charge in [0.2, 0.25) is 0 Å². The van der Waals surface area contributed by atoms with Crippen LogP contribution in [-0.4, -0.2) is 20.2 Å². The number of nitrogens with two attached hydrogens (primary N) is 1. The van der Waals surface area contributed by atoms with Crippen LogP contribution in [0.1, 0.15) is 18.9 Å². The van der Waals surface area contributed by atoms with E-state index < -0.39 is 15.7 Å². The summed E-state index contributed by atoms with van der Waals surface area (Å²) in [5.41, 5.74) is 5.59. The minimum Gasteiger partial charge on any atom is -0.328 e. The van der Waals surface area contributed by atoms with Gasteiger partial charge in [-0.15, -0.1) is 0 Å². The topological polar surface area (TPSA) is 60.2 Å². The third kappa shape index (κ3) is 5.02. The molecule has 0 spiro atoms. The summed E-state index contributed by atoms with van der Waals surface area (Å²) in [4.78, 5) is 0. The molecular formula is C11H15ClFNO2S. The first kappa shape index (κ1) is 14.4. The Hall–Kier alpha value is -0.650. The monoisotopic (exact) mass is 279 g/mol. The molecule has 1 atom stereocenters. The summed E-state index contributed by atoms with van der Waals surface area (Å²) in [5, 5.41) is 0.323. The second-order valence-electron chi connectivity index (χ2n) is 4.09. The zero-order valence-corrected chi connectivity index (χ0v) is 11.1. The average molecular weight is 280 g/mol. The van der Waals surface area contributed by atoms with E-state index >= 15 is 0 Å². The quantitative estimate of drug-likeness (QED) is 0.898. The summed E-state index contributed by atoms with van der Waals surface area (Å²) in [6.45, 7) is 1.73. The standard InChI is InChI=1S/C11H15ClFNO2S/c1-8(14)4-5-17(15,16)7-9-6-10(12)2-3-11(9)13/h2-3,6,8H,4-5,7,14H2,1H3. The maximum Gasteiger partial charge on any atom is 0.154 e. The summed E-state index contributed by atoms with van der Waals surface area (Å²) in [6, 6.07) is 3.70. The molecule has 1 aromatic rings. The molecule has 17 heavy (non-hydrogen) atoms. The van der Waals surface area contributed by atoms with E-state index in [1.54, 1.807) is 6.92 Å². The van der Waals surface area contributed by atoms with Crippen LogP contribution in [-0.2, 0) is 15.6 Å². The molecule has 0 bridgehead atoms. The average Bonchev–Trinajstić information content (AvgIpc) is 2.20. The maximum absolute atomic E-state index is 13.4. The predicted molar refractivity (Wildman–Crippen MR) is 67.2 cm³/mol. The minimum atomic E-state index is -3.35. The molecule has 1 rings (SSSR count). The van der Waals surface area contributed by atoms with Crippen LogP contribution in [0.15, 0.2) is 18.2 Å². The first-order valence-corrected chi connectivity index (χ1v) is 7.40. The van der Waals surface area contributed by atoms with Crippen molar-refractivity contribution in [2.75, 3.05) is 5.75 Å². The highest BCUT2D eigenvalue weighted by Crippen LogP contribution is 2.17. The fourth-order valence-electron chi connectivity index (χ4n) is 1.33. The SMILES string of the molecule is CC(N)CCS(=O)(=O)Cc1cc(Cl)ccc1F. The van der Waals surface area contributed by atoms with E-state index in [1.807, 2.05) is 0 Å². The summed E-state index contributed by atoms with van der Waals surface area (Å²) < 4.78 is 36.8. The fraction of sp³-hybridized carbons (Fsp3) is 0.455. The molecule has 6 heteroatoms. The molecule has 0 aliphatic carbocycles. The zero-order chi connectivity index (χ0) is 13.1. The number of sulfone groups is 1. The first-order chi connectivity index (χ1) is 7.80. The van der Waals surface area contributed by atoms with Gasteiger partial charge in [0, 0.05) is 16.6 Å². The Balaban J connectivity index is 2.79. The summed E-state index contributed by atoms with van der Waals surface area (Å²) >= 11 is 5.69. The largest absolute Gasteiger partial charge is 0.328 e. The molecule has 0 radical (unpaired) electrons. The van der Waals surface area contributed by atoms with Crippen LogP contribution in [0.2, 0.25) is 5.02 Å². The van der Waals surface area contributed by atoms with Crippen LogP contribution < -0.4 is 5.73 Å². The van der Waals surface area contributed by atoms with Crippen molar-refractivity contribution in [2.24, 2.45) is 5.73 Å². The van der Waals surface area contributed by atoms with Gasteiger partial charge in [0.15, 0.2) is 9.84 Å². The van der Waals surface area contributed by atoms with Gasteiger partial charge in [0.05, 0.1) is 11.5 Å². The van der Waals surface area contributed by atoms with Crippen molar-refractivity contribution in [3.05, 3.63) is 34.6 Å². The lowest BCUT2D eigenvalue weighted by atomic mass is 10.2. The van der Waals surface area contributed by atoms with E-state index in [0.29, 0.717) is 11.4 Å². The Bertz CT molecular complexity index is 488. The summed E-state index contributed by atoms with van der Waals surface area (Å²) in [5.74, 6) is -0.943. The third-order valence-electron chi connectivity index (χ3n) is 2.27. The van der Waals surface area contributed by atoms with Gasteiger partial charge in [-0.3, -0.25) is 0 Å². The second-order valence-corrected chi connectivity index (χ2v) is 6.71. The Morgan fingerprint density at radius 1 is 1.47 bits per heavy atom. The van der Waals surface area contributed by atoms with E-state index in [-0.39, 0.29) is 23.1 Å². The van der Waals surface area contributed by atoms with E-state index in [0.717, 1.165) is 0 Å². The second kappa shape index (κ2) is 5.80. The van der Waals surface area contributed by atoms with E-state index in [1.165, 1.54) is 18.2 Å². The van der Waals surface area contributed by atoms with Crippen molar-refractivity contribution in [2.45, 2.75) is 25.1 Å². The van der Waals surface area contributed by atoms with Gasteiger partial charge in [-0.05, 0) is 31.5 Å². The molecular weight excluding hydrogens is 265 g/mol. The molecule has 0 aliphatic rings. The van der Waals surface area contributed by atoms with Gasteiger partial charge in [-0.2, -0.15) is 0 Å². The van der Waals surface area contributed by atoms with Crippen molar-refractivity contribution in [1.29, 1.82) is 0 Å². The minimum absolute atomic E-state index is 0.0450. The van der Waals surface area contributed by atoms with Gasteiger partial charge in [-0.1, -0.05) is 11.6 Å². The van der Waals surface area contributed by atoms with Crippen LogP contribution in [0, 0.1) is 5.82 Å². The molecule has 0 saturated heterocycles. The van der Waals surface area contributed by atoms with Crippen molar-refractivity contribution < 1.29 is 12.8 Å². The van der Waals surface area contributed by atoms with Gasteiger partial charge in [0.1, 0.15) is 5.82 Å². The lowest BCUT2D eigenvalue weighted by Crippen LogP contribution is -2.21. The third-order valence-corrected chi connectivity index (χ3v) is 4.11. The Morgan fingerprint density at radius 3 is 2.71 bits per heavy atom. The van der Waals surface area contributed by atoms with Gasteiger partial charge >= 0.3 is 0 Å². The molecule has 0 amide bonds. The predicted octanol–water partition coefficient (Wildman–Crippen LogP) is 2.13. The maximum atomic E-state index is 13.4.